The van der Waals surface area contributed by atoms with Crippen LogP contribution in [0.2, 0.25) is 0 Å². The Balaban J connectivity index is 1.80. The van der Waals surface area contributed by atoms with Crippen LogP contribution in [0.5, 0.6) is 11.5 Å². The average molecular weight is 359 g/mol. The number of methoxy groups -OCH3 is 3. The molecule has 0 bridgehead atoms. The molecule has 0 radical (unpaired) electrons. The summed E-state index contributed by atoms with van der Waals surface area (Å²) in [5, 5.41) is 0. The lowest BCUT2D eigenvalue weighted by Gasteiger charge is -2.22. The van der Waals surface area contributed by atoms with E-state index in [0.717, 1.165) is 47.8 Å². The number of carbonyl (C=O) groups is 1. The second-order valence-electron chi connectivity index (χ2n) is 6.53. The summed E-state index contributed by atoms with van der Waals surface area (Å²) >= 11 is 0. The van der Waals surface area contributed by atoms with Gasteiger partial charge >= 0.3 is 5.97 Å². The van der Waals surface area contributed by atoms with Gasteiger partial charge in [-0.25, -0.2) is 4.79 Å². The number of rotatable bonds is 8. The first-order chi connectivity index (χ1) is 12.5. The number of carbonyl (C=O) groups excluding carboxylic acids is 1. The highest BCUT2D eigenvalue weighted by Crippen LogP contribution is 2.33. The van der Waals surface area contributed by atoms with Crippen LogP contribution in [-0.4, -0.2) is 38.2 Å². The lowest BCUT2D eigenvalue weighted by atomic mass is 10.1. The van der Waals surface area contributed by atoms with Crippen molar-refractivity contribution >= 4 is 5.97 Å². The Morgan fingerprint density at radius 2 is 1.92 bits per heavy atom. The molecule has 0 atom stereocenters. The van der Waals surface area contributed by atoms with Gasteiger partial charge in [-0.05, 0) is 44.0 Å². The zero-order chi connectivity index (χ0) is 18.7. The molecule has 140 valence electrons. The number of aryl methyl sites for hydroxylation is 1. The van der Waals surface area contributed by atoms with Crippen molar-refractivity contribution in [2.45, 2.75) is 38.9 Å². The van der Waals surface area contributed by atoms with Crippen LogP contribution in [0, 0.1) is 6.92 Å². The molecule has 2 aromatic rings. The zero-order valence-corrected chi connectivity index (χ0v) is 15.7. The van der Waals surface area contributed by atoms with E-state index in [-0.39, 0.29) is 5.76 Å². The van der Waals surface area contributed by atoms with Crippen LogP contribution in [0.3, 0.4) is 0 Å². The normalized spacial score (nSPS) is 13.7. The third kappa shape index (κ3) is 4.02. The highest BCUT2D eigenvalue weighted by Gasteiger charge is 2.31. The summed E-state index contributed by atoms with van der Waals surface area (Å²) in [6.45, 7) is 3.20. The Bertz CT molecular complexity index is 779. The highest BCUT2D eigenvalue weighted by atomic mass is 16.5. The monoisotopic (exact) mass is 359 g/mol. The fourth-order valence-electron chi connectivity index (χ4n) is 3.10. The first kappa shape index (κ1) is 18.3. The topological polar surface area (TPSA) is 61.1 Å². The van der Waals surface area contributed by atoms with E-state index in [1.54, 1.807) is 14.2 Å². The molecule has 3 rings (SSSR count). The van der Waals surface area contributed by atoms with Crippen LogP contribution < -0.4 is 9.47 Å². The van der Waals surface area contributed by atoms with Crippen molar-refractivity contribution in [1.29, 1.82) is 0 Å². The maximum Gasteiger partial charge on any atom is 0.374 e. The van der Waals surface area contributed by atoms with Crippen molar-refractivity contribution in [3.8, 4) is 11.5 Å². The van der Waals surface area contributed by atoms with Gasteiger partial charge in [0.2, 0.25) is 5.76 Å². The molecule has 0 aliphatic heterocycles. The fraction of sp³-hybridized carbons (Fsp3) is 0.450. The van der Waals surface area contributed by atoms with Gasteiger partial charge in [0.15, 0.2) is 0 Å². The van der Waals surface area contributed by atoms with Gasteiger partial charge < -0.3 is 18.6 Å². The second-order valence-corrected chi connectivity index (χ2v) is 6.53. The number of benzene rings is 1. The number of hydrogen-bond acceptors (Lipinski definition) is 6. The number of hydrogen-bond donors (Lipinski definition) is 0. The van der Waals surface area contributed by atoms with Gasteiger partial charge in [-0.1, -0.05) is 0 Å². The minimum absolute atomic E-state index is 0.275. The van der Waals surface area contributed by atoms with Crippen molar-refractivity contribution in [3.63, 3.8) is 0 Å². The third-order valence-electron chi connectivity index (χ3n) is 4.62. The van der Waals surface area contributed by atoms with Crippen LogP contribution in [0.4, 0.5) is 0 Å². The second kappa shape index (κ2) is 7.83. The highest BCUT2D eigenvalue weighted by molar-refractivity contribution is 5.87. The fourth-order valence-corrected chi connectivity index (χ4v) is 3.10. The van der Waals surface area contributed by atoms with Gasteiger partial charge in [0.05, 0.1) is 27.9 Å². The Kier molecular flexibility index (Phi) is 5.52. The lowest BCUT2D eigenvalue weighted by Crippen LogP contribution is -2.25. The minimum Gasteiger partial charge on any atom is -0.497 e. The molecule has 0 unspecified atom stereocenters. The molecule has 26 heavy (non-hydrogen) atoms. The van der Waals surface area contributed by atoms with Gasteiger partial charge in [-0.3, -0.25) is 4.90 Å². The number of esters is 1. The van der Waals surface area contributed by atoms with Crippen LogP contribution in [0.15, 0.2) is 28.7 Å². The van der Waals surface area contributed by atoms with E-state index in [9.17, 15) is 4.79 Å². The quantitative estimate of drug-likeness (QED) is 0.672. The number of ether oxygens (including phenoxy) is 3. The lowest BCUT2D eigenvalue weighted by molar-refractivity contribution is 0.0559. The largest absolute Gasteiger partial charge is 0.497 e. The van der Waals surface area contributed by atoms with E-state index in [4.69, 9.17) is 18.6 Å². The third-order valence-corrected chi connectivity index (χ3v) is 4.62. The van der Waals surface area contributed by atoms with Crippen molar-refractivity contribution in [3.05, 3.63) is 46.9 Å². The first-order valence-electron chi connectivity index (χ1n) is 8.68. The van der Waals surface area contributed by atoms with Crippen LogP contribution in [0.25, 0.3) is 0 Å². The Hall–Kier alpha value is -2.47. The van der Waals surface area contributed by atoms with Gasteiger partial charge in [-0.2, -0.15) is 0 Å². The van der Waals surface area contributed by atoms with E-state index >= 15 is 0 Å². The molecule has 6 nitrogen and oxygen atoms in total. The van der Waals surface area contributed by atoms with E-state index in [2.05, 4.69) is 4.90 Å². The summed E-state index contributed by atoms with van der Waals surface area (Å²) in [5.41, 5.74) is 1.86. The van der Waals surface area contributed by atoms with Crippen molar-refractivity contribution in [2.75, 3.05) is 21.3 Å². The van der Waals surface area contributed by atoms with Crippen molar-refractivity contribution in [2.24, 2.45) is 0 Å². The number of furan rings is 1. The maximum atomic E-state index is 11.8. The predicted molar refractivity (Wildman–Crippen MR) is 96.6 cm³/mol. The maximum absolute atomic E-state index is 11.8. The minimum atomic E-state index is -0.443. The Morgan fingerprint density at radius 1 is 1.15 bits per heavy atom. The molecule has 1 aromatic carbocycles. The summed E-state index contributed by atoms with van der Waals surface area (Å²) in [5.74, 6) is 2.23. The van der Waals surface area contributed by atoms with Gasteiger partial charge in [-0.15, -0.1) is 0 Å². The molecule has 1 aromatic heterocycles. The molecule has 1 aliphatic carbocycles. The van der Waals surface area contributed by atoms with Gasteiger partial charge in [0.1, 0.15) is 17.3 Å². The molecular weight excluding hydrogens is 334 g/mol. The van der Waals surface area contributed by atoms with Crippen LogP contribution in [-0.2, 0) is 17.8 Å². The first-order valence-corrected chi connectivity index (χ1v) is 8.68. The van der Waals surface area contributed by atoms with E-state index in [1.165, 1.54) is 7.11 Å². The summed E-state index contributed by atoms with van der Waals surface area (Å²) in [4.78, 5) is 14.1. The molecule has 0 spiro atoms. The molecule has 1 saturated carbocycles. The molecule has 1 heterocycles. The van der Waals surface area contributed by atoms with E-state index in [0.29, 0.717) is 12.6 Å². The summed E-state index contributed by atoms with van der Waals surface area (Å²) in [7, 11) is 4.69. The molecule has 0 amide bonds. The molecule has 1 aliphatic rings. The van der Waals surface area contributed by atoms with E-state index in [1.807, 2.05) is 31.2 Å². The summed E-state index contributed by atoms with van der Waals surface area (Å²) < 4.78 is 21.4. The predicted octanol–water partition coefficient (Wildman–Crippen LogP) is 3.56. The molecular formula is C20H25NO5. The standard InChI is InChI=1S/C20H25NO5/c1-13-9-17(26-19(13)20(22)25-4)12-21(15-5-6-15)11-14-10-16(23-2)7-8-18(14)24-3/h7-10,15H,5-6,11-12H2,1-4H3. The van der Waals surface area contributed by atoms with Crippen molar-refractivity contribution < 1.29 is 23.4 Å². The Labute approximate surface area is 153 Å². The molecule has 1 fully saturated rings. The zero-order valence-electron chi connectivity index (χ0n) is 15.7. The molecule has 6 heteroatoms. The van der Waals surface area contributed by atoms with Gasteiger partial charge in [0.25, 0.3) is 0 Å². The van der Waals surface area contributed by atoms with Crippen molar-refractivity contribution in [1.82, 2.24) is 4.90 Å². The van der Waals surface area contributed by atoms with Crippen LogP contribution >= 0.6 is 0 Å². The summed E-state index contributed by atoms with van der Waals surface area (Å²) in [6, 6.07) is 8.23. The Morgan fingerprint density at radius 3 is 2.54 bits per heavy atom. The molecule has 0 N–H and O–H groups in total. The van der Waals surface area contributed by atoms with E-state index < -0.39 is 5.97 Å². The number of nitrogens with zero attached hydrogens (tertiary/aromatic N) is 1. The average Bonchev–Trinajstić information content (AvgIpc) is 3.43. The smallest absolute Gasteiger partial charge is 0.374 e. The van der Waals surface area contributed by atoms with Gasteiger partial charge in [0, 0.05) is 23.7 Å². The SMILES string of the molecule is COC(=O)c1oc(CN(Cc2cc(OC)ccc2OC)C2CC2)cc1C. The van der Waals surface area contributed by atoms with Crippen LogP contribution in [0.1, 0.15) is 40.3 Å². The summed E-state index contributed by atoms with van der Waals surface area (Å²) in [6.07, 6.45) is 2.33. The molecule has 0 saturated heterocycles.